The predicted octanol–water partition coefficient (Wildman–Crippen LogP) is 1.55. The summed E-state index contributed by atoms with van der Waals surface area (Å²) in [5.41, 5.74) is -0.645. The minimum Gasteiger partial charge on any atom is -0.465 e. The Hall–Kier alpha value is -2.95. The Morgan fingerprint density at radius 3 is 2.62 bits per heavy atom. The Morgan fingerprint density at radius 1 is 1.48 bits per heavy atom. The molecule has 0 spiro atoms. The molecule has 0 heterocycles. The second kappa shape index (κ2) is 7.00. The van der Waals surface area contributed by atoms with Crippen LogP contribution in [0, 0.1) is 21.4 Å². The average Bonchev–Trinajstić information content (AvgIpc) is 2.47. The smallest absolute Gasteiger partial charge is 0.337 e. The molecular formula is C13H12N2O6. The molecule has 0 radical (unpaired) electrons. The Kier molecular flexibility index (Phi) is 5.37. The molecule has 0 aliphatic carbocycles. The number of esters is 2. The molecule has 1 unspecified atom stereocenters. The van der Waals surface area contributed by atoms with Crippen LogP contribution in [0.4, 0.5) is 5.69 Å². The number of carbonyl (C=O) groups excluding carboxylic acids is 2. The van der Waals surface area contributed by atoms with Crippen LogP contribution in [0.25, 0.3) is 0 Å². The minimum absolute atomic E-state index is 0.00245. The van der Waals surface area contributed by atoms with E-state index in [1.54, 1.807) is 13.0 Å². The summed E-state index contributed by atoms with van der Waals surface area (Å²) in [5, 5.41) is 20.1. The fraction of sp³-hybridized carbons (Fsp3) is 0.308. The van der Waals surface area contributed by atoms with E-state index < -0.39 is 28.5 Å². The van der Waals surface area contributed by atoms with Crippen LogP contribution in [0.3, 0.4) is 0 Å². The summed E-state index contributed by atoms with van der Waals surface area (Å²) in [7, 11) is 1.15. The maximum atomic E-state index is 11.7. The molecule has 0 saturated carbocycles. The van der Waals surface area contributed by atoms with E-state index in [1.807, 2.05) is 0 Å². The largest absolute Gasteiger partial charge is 0.465 e. The molecule has 0 amide bonds. The third-order valence-corrected chi connectivity index (χ3v) is 2.61. The average molecular weight is 292 g/mol. The zero-order valence-corrected chi connectivity index (χ0v) is 11.4. The van der Waals surface area contributed by atoms with Gasteiger partial charge in [-0.05, 0) is 19.1 Å². The highest BCUT2D eigenvalue weighted by Gasteiger charge is 2.30. The number of ether oxygens (including phenoxy) is 2. The number of nitriles is 1. The minimum atomic E-state index is -1.49. The van der Waals surface area contributed by atoms with Gasteiger partial charge in [0.1, 0.15) is 0 Å². The monoisotopic (exact) mass is 292 g/mol. The van der Waals surface area contributed by atoms with Gasteiger partial charge in [0.15, 0.2) is 5.92 Å². The van der Waals surface area contributed by atoms with Gasteiger partial charge in [-0.15, -0.1) is 0 Å². The molecule has 0 saturated heterocycles. The van der Waals surface area contributed by atoms with Crippen molar-refractivity contribution in [2.75, 3.05) is 13.7 Å². The number of hydrogen-bond donors (Lipinski definition) is 0. The molecule has 0 fully saturated rings. The Balaban J connectivity index is 3.41. The van der Waals surface area contributed by atoms with Crippen molar-refractivity contribution in [3.05, 3.63) is 39.4 Å². The molecule has 1 aromatic carbocycles. The molecule has 21 heavy (non-hydrogen) atoms. The lowest BCUT2D eigenvalue weighted by molar-refractivity contribution is -0.385. The number of methoxy groups -OCH3 is 1. The van der Waals surface area contributed by atoms with Crippen LogP contribution >= 0.6 is 0 Å². The van der Waals surface area contributed by atoms with Gasteiger partial charge in [-0.25, -0.2) is 4.79 Å². The normalized spacial score (nSPS) is 11.1. The van der Waals surface area contributed by atoms with Crippen LogP contribution in [-0.2, 0) is 14.3 Å². The van der Waals surface area contributed by atoms with Crippen molar-refractivity contribution in [1.82, 2.24) is 0 Å². The van der Waals surface area contributed by atoms with Crippen molar-refractivity contribution in [2.24, 2.45) is 0 Å². The number of benzene rings is 1. The first kappa shape index (κ1) is 16.1. The highest BCUT2D eigenvalue weighted by atomic mass is 16.6. The number of carbonyl (C=O) groups is 2. The lowest BCUT2D eigenvalue weighted by Crippen LogP contribution is -2.16. The Labute approximate surface area is 120 Å². The first-order valence-electron chi connectivity index (χ1n) is 5.89. The van der Waals surface area contributed by atoms with Gasteiger partial charge in [-0.3, -0.25) is 14.9 Å². The van der Waals surface area contributed by atoms with Gasteiger partial charge in [0, 0.05) is 6.07 Å². The number of hydrogen-bond acceptors (Lipinski definition) is 7. The maximum Gasteiger partial charge on any atom is 0.337 e. The summed E-state index contributed by atoms with van der Waals surface area (Å²) in [6.07, 6.45) is 0. The first-order valence-corrected chi connectivity index (χ1v) is 5.89. The van der Waals surface area contributed by atoms with E-state index in [0.717, 1.165) is 19.2 Å². The summed E-state index contributed by atoms with van der Waals surface area (Å²) >= 11 is 0. The Bertz CT molecular complexity index is 620. The third kappa shape index (κ3) is 3.54. The number of nitro benzene ring substituents is 1. The van der Waals surface area contributed by atoms with E-state index in [4.69, 9.17) is 10.00 Å². The predicted molar refractivity (Wildman–Crippen MR) is 69.4 cm³/mol. The number of rotatable bonds is 5. The Morgan fingerprint density at radius 2 is 2.14 bits per heavy atom. The zero-order valence-electron chi connectivity index (χ0n) is 11.4. The highest BCUT2D eigenvalue weighted by molar-refractivity contribution is 5.91. The molecule has 0 bridgehead atoms. The van der Waals surface area contributed by atoms with E-state index in [1.165, 1.54) is 6.07 Å². The topological polar surface area (TPSA) is 120 Å². The van der Waals surface area contributed by atoms with Gasteiger partial charge in [-0.2, -0.15) is 5.26 Å². The second-order valence-electron chi connectivity index (χ2n) is 3.84. The summed E-state index contributed by atoms with van der Waals surface area (Å²) in [4.78, 5) is 33.4. The first-order chi connectivity index (χ1) is 9.96. The van der Waals surface area contributed by atoms with Crippen molar-refractivity contribution >= 4 is 17.6 Å². The molecule has 1 rings (SSSR count). The number of nitrogens with zero attached hydrogens (tertiary/aromatic N) is 2. The van der Waals surface area contributed by atoms with Crippen molar-refractivity contribution in [3.63, 3.8) is 0 Å². The van der Waals surface area contributed by atoms with Gasteiger partial charge in [0.25, 0.3) is 5.69 Å². The van der Waals surface area contributed by atoms with Gasteiger partial charge in [0.05, 0.1) is 35.8 Å². The van der Waals surface area contributed by atoms with E-state index in [-0.39, 0.29) is 17.7 Å². The van der Waals surface area contributed by atoms with Crippen LogP contribution < -0.4 is 0 Å². The zero-order chi connectivity index (χ0) is 16.0. The summed E-state index contributed by atoms with van der Waals surface area (Å²) in [6, 6.07) is 4.98. The molecule has 0 aliphatic heterocycles. The maximum absolute atomic E-state index is 11.7. The molecule has 8 heteroatoms. The quantitative estimate of drug-likeness (QED) is 0.458. The van der Waals surface area contributed by atoms with Crippen LogP contribution in [0.5, 0.6) is 0 Å². The number of nitro groups is 1. The van der Waals surface area contributed by atoms with Gasteiger partial charge >= 0.3 is 11.9 Å². The fourth-order valence-electron chi connectivity index (χ4n) is 1.67. The van der Waals surface area contributed by atoms with Crippen molar-refractivity contribution < 1.29 is 24.0 Å². The van der Waals surface area contributed by atoms with Crippen molar-refractivity contribution in [2.45, 2.75) is 12.8 Å². The molecular weight excluding hydrogens is 280 g/mol. The van der Waals surface area contributed by atoms with Gasteiger partial charge in [0.2, 0.25) is 0 Å². The fourth-order valence-corrected chi connectivity index (χ4v) is 1.67. The van der Waals surface area contributed by atoms with Crippen LogP contribution in [-0.4, -0.2) is 30.6 Å². The molecule has 0 aliphatic rings. The molecule has 110 valence electrons. The van der Waals surface area contributed by atoms with Crippen LogP contribution in [0.1, 0.15) is 28.8 Å². The van der Waals surface area contributed by atoms with Gasteiger partial charge in [-0.1, -0.05) is 0 Å². The van der Waals surface area contributed by atoms with Gasteiger partial charge < -0.3 is 9.47 Å². The lowest BCUT2D eigenvalue weighted by Gasteiger charge is -2.10. The summed E-state index contributed by atoms with van der Waals surface area (Å²) in [5.74, 6) is -3.13. The van der Waals surface area contributed by atoms with Crippen LogP contribution in [0.2, 0.25) is 0 Å². The van der Waals surface area contributed by atoms with Crippen molar-refractivity contribution in [3.8, 4) is 6.07 Å². The van der Waals surface area contributed by atoms with E-state index in [0.29, 0.717) is 0 Å². The van der Waals surface area contributed by atoms with E-state index >= 15 is 0 Å². The molecule has 1 atom stereocenters. The molecule has 0 aromatic heterocycles. The molecule has 8 nitrogen and oxygen atoms in total. The van der Waals surface area contributed by atoms with E-state index in [2.05, 4.69) is 4.74 Å². The standard InChI is InChI=1S/C13H12N2O6/c1-3-21-13(17)10(7-14)9-6-8(12(16)20-2)4-5-11(9)15(18)19/h4-6,10H,3H2,1-2H3. The van der Waals surface area contributed by atoms with Crippen LogP contribution in [0.15, 0.2) is 18.2 Å². The van der Waals surface area contributed by atoms with E-state index in [9.17, 15) is 19.7 Å². The van der Waals surface area contributed by atoms with Crippen molar-refractivity contribution in [1.29, 1.82) is 5.26 Å². The second-order valence-corrected chi connectivity index (χ2v) is 3.84. The highest BCUT2D eigenvalue weighted by Crippen LogP contribution is 2.28. The lowest BCUT2D eigenvalue weighted by atomic mass is 9.96. The molecule has 0 N–H and O–H groups in total. The molecule has 1 aromatic rings. The summed E-state index contributed by atoms with van der Waals surface area (Å²) in [6.45, 7) is 1.58. The SMILES string of the molecule is CCOC(=O)C(C#N)c1cc(C(=O)OC)ccc1[N+](=O)[O-]. The summed E-state index contributed by atoms with van der Waals surface area (Å²) < 4.78 is 9.22. The third-order valence-electron chi connectivity index (χ3n) is 2.61.